The lowest BCUT2D eigenvalue weighted by molar-refractivity contribution is -0.912. The SMILES string of the molecule is C[NH+]([O-])C1C[NH+]([O-])C2=Cc3ccccc3C1C2.[I-]. The van der Waals surface area contributed by atoms with Gasteiger partial charge >= 0.3 is 0 Å². The molecule has 1 aliphatic carbocycles. The van der Waals surface area contributed by atoms with Crippen LogP contribution in [0.1, 0.15) is 23.5 Å². The lowest BCUT2D eigenvalue weighted by atomic mass is 9.78. The third kappa shape index (κ3) is 2.21. The van der Waals surface area contributed by atoms with Crippen LogP contribution in [0.3, 0.4) is 0 Å². The second-order valence-corrected chi connectivity index (χ2v) is 4.95. The Morgan fingerprint density at radius 1 is 1.33 bits per heavy atom. The topological polar surface area (TPSA) is 55.0 Å². The molecule has 4 unspecified atom stereocenters. The average Bonchev–Trinajstić information content (AvgIpc) is 2.33. The van der Waals surface area contributed by atoms with E-state index < -0.39 is 0 Å². The van der Waals surface area contributed by atoms with Crippen molar-refractivity contribution in [3.63, 3.8) is 0 Å². The molecule has 2 aliphatic rings. The van der Waals surface area contributed by atoms with E-state index in [0.29, 0.717) is 6.54 Å². The maximum Gasteiger partial charge on any atom is 0.145 e. The van der Waals surface area contributed by atoms with E-state index in [-0.39, 0.29) is 46.1 Å². The fraction of sp³-hybridized carbons (Fsp3) is 0.385. The Morgan fingerprint density at radius 2 is 2.06 bits per heavy atom. The zero-order valence-corrected chi connectivity index (χ0v) is 12.3. The number of nitrogens with one attached hydrogen (secondary N) is 2. The number of hydroxylamine groups is 4. The van der Waals surface area contributed by atoms with Gasteiger partial charge < -0.3 is 44.5 Å². The minimum atomic E-state index is -0.124. The number of hydrogen-bond acceptors (Lipinski definition) is 2. The highest BCUT2D eigenvalue weighted by molar-refractivity contribution is 5.60. The number of hydrogen-bond donors (Lipinski definition) is 2. The molecule has 18 heavy (non-hydrogen) atoms. The van der Waals surface area contributed by atoms with E-state index >= 15 is 0 Å². The first-order chi connectivity index (χ1) is 8.16. The van der Waals surface area contributed by atoms with Gasteiger partial charge in [0.15, 0.2) is 0 Å². The summed E-state index contributed by atoms with van der Waals surface area (Å²) in [6, 6.07) is 7.97. The van der Waals surface area contributed by atoms with E-state index in [2.05, 4.69) is 6.07 Å². The predicted octanol–water partition coefficient (Wildman–Crippen LogP) is -3.70. The van der Waals surface area contributed by atoms with Crippen LogP contribution in [0.25, 0.3) is 6.08 Å². The monoisotopic (exact) mass is 359 g/mol. The van der Waals surface area contributed by atoms with Crippen LogP contribution >= 0.6 is 0 Å². The van der Waals surface area contributed by atoms with Crippen molar-refractivity contribution < 1.29 is 34.1 Å². The molecule has 4 atom stereocenters. The number of piperidine rings is 1. The molecule has 0 aromatic heterocycles. The molecule has 1 fully saturated rings. The summed E-state index contributed by atoms with van der Waals surface area (Å²) in [6.07, 6.45) is 2.73. The van der Waals surface area contributed by atoms with E-state index in [1.54, 1.807) is 7.05 Å². The number of fused-ring (bicyclic) bond motifs is 4. The Labute approximate surface area is 123 Å². The van der Waals surface area contributed by atoms with Gasteiger partial charge in [0.1, 0.15) is 18.3 Å². The van der Waals surface area contributed by atoms with Crippen LogP contribution in [0.2, 0.25) is 0 Å². The first-order valence-electron chi connectivity index (χ1n) is 6.00. The molecule has 0 radical (unpaired) electrons. The Hall–Kier alpha value is -0.470. The predicted molar refractivity (Wildman–Crippen MR) is 65.0 cm³/mol. The van der Waals surface area contributed by atoms with Crippen molar-refractivity contribution in [2.45, 2.75) is 18.4 Å². The van der Waals surface area contributed by atoms with Gasteiger partial charge in [-0.2, -0.15) is 0 Å². The van der Waals surface area contributed by atoms with Gasteiger partial charge in [0.2, 0.25) is 0 Å². The number of benzene rings is 1. The number of likely N-dealkylation sites (N-methyl/N-ethyl adjacent to an activating group) is 1. The molecule has 0 spiro atoms. The van der Waals surface area contributed by atoms with Gasteiger partial charge in [-0.15, -0.1) is 0 Å². The highest BCUT2D eigenvalue weighted by Crippen LogP contribution is 2.34. The maximum atomic E-state index is 11.9. The Bertz CT molecular complexity index is 476. The molecular weight excluding hydrogens is 343 g/mol. The second-order valence-electron chi connectivity index (χ2n) is 4.95. The van der Waals surface area contributed by atoms with Crippen molar-refractivity contribution in [2.75, 3.05) is 13.6 Å². The molecule has 98 valence electrons. The van der Waals surface area contributed by atoms with Gasteiger partial charge in [-0.05, 0) is 11.1 Å². The van der Waals surface area contributed by atoms with Gasteiger partial charge in [0.05, 0.1) is 13.0 Å². The van der Waals surface area contributed by atoms with Gasteiger partial charge in [0.25, 0.3) is 0 Å². The van der Waals surface area contributed by atoms with Crippen molar-refractivity contribution in [1.82, 2.24) is 0 Å². The number of halogens is 1. The summed E-state index contributed by atoms with van der Waals surface area (Å²) >= 11 is 0. The molecule has 1 aromatic rings. The minimum absolute atomic E-state index is 0. The molecule has 1 saturated heterocycles. The van der Waals surface area contributed by atoms with Crippen molar-refractivity contribution in [3.05, 3.63) is 51.5 Å². The summed E-state index contributed by atoms with van der Waals surface area (Å²) in [6.45, 7) is 0.389. The van der Waals surface area contributed by atoms with Crippen LogP contribution in [-0.4, -0.2) is 19.6 Å². The van der Waals surface area contributed by atoms with E-state index in [1.807, 2.05) is 24.3 Å². The van der Waals surface area contributed by atoms with Crippen molar-refractivity contribution in [3.8, 4) is 0 Å². The summed E-state index contributed by atoms with van der Waals surface area (Å²) in [5.74, 6) is 0.210. The molecule has 0 saturated carbocycles. The summed E-state index contributed by atoms with van der Waals surface area (Å²) in [7, 11) is 1.60. The van der Waals surface area contributed by atoms with Crippen LogP contribution in [0.15, 0.2) is 30.0 Å². The number of quaternary nitrogens is 2. The van der Waals surface area contributed by atoms with Crippen molar-refractivity contribution in [1.29, 1.82) is 0 Å². The van der Waals surface area contributed by atoms with E-state index in [0.717, 1.165) is 17.7 Å². The van der Waals surface area contributed by atoms with E-state index in [4.69, 9.17) is 0 Å². The van der Waals surface area contributed by atoms with Gasteiger partial charge in [-0.25, -0.2) is 0 Å². The molecule has 1 aromatic carbocycles. The summed E-state index contributed by atoms with van der Waals surface area (Å²) in [5.41, 5.74) is 3.23. The highest BCUT2D eigenvalue weighted by Gasteiger charge is 2.40. The first-order valence-corrected chi connectivity index (χ1v) is 6.00. The second kappa shape index (κ2) is 5.26. The normalized spacial score (nSPS) is 30.8. The summed E-state index contributed by atoms with van der Waals surface area (Å²) < 4.78 is 0. The van der Waals surface area contributed by atoms with Crippen LogP contribution in [0.5, 0.6) is 0 Å². The lowest BCUT2D eigenvalue weighted by Gasteiger charge is -2.44. The molecule has 5 heteroatoms. The quantitative estimate of drug-likeness (QED) is 0.308. The Kier molecular flexibility index (Phi) is 4.08. The van der Waals surface area contributed by atoms with Crippen LogP contribution < -0.4 is 34.1 Å². The molecular formula is C13H16IN2O2-. The van der Waals surface area contributed by atoms with Crippen molar-refractivity contribution >= 4 is 6.08 Å². The fourth-order valence-corrected chi connectivity index (χ4v) is 3.03. The lowest BCUT2D eigenvalue weighted by Crippen LogP contribution is -3.19. The van der Waals surface area contributed by atoms with Gasteiger partial charge in [-0.1, -0.05) is 24.3 Å². The summed E-state index contributed by atoms with van der Waals surface area (Å²) in [4.78, 5) is 0. The van der Waals surface area contributed by atoms with Crippen LogP contribution in [0, 0.1) is 10.4 Å². The van der Waals surface area contributed by atoms with Crippen LogP contribution in [0.4, 0.5) is 0 Å². The molecule has 2 N–H and O–H groups in total. The summed E-state index contributed by atoms with van der Waals surface area (Å²) in [5, 5.41) is 23.9. The standard InChI is InChI=1S/C13H16N2O2.HI/c1-14(16)13-8-15(17)10-6-9-4-2-3-5-11(9)12(13)7-10;/h2-6,12-15H,7-8H2,1H3;1H/p-1. The highest BCUT2D eigenvalue weighted by atomic mass is 127. The van der Waals surface area contributed by atoms with E-state index in [1.165, 1.54) is 5.56 Å². The third-order valence-electron chi connectivity index (χ3n) is 3.94. The minimum Gasteiger partial charge on any atom is -1.00 e. The van der Waals surface area contributed by atoms with Gasteiger partial charge in [0, 0.05) is 12.5 Å². The average molecular weight is 359 g/mol. The maximum absolute atomic E-state index is 11.9. The third-order valence-corrected chi connectivity index (χ3v) is 3.94. The van der Waals surface area contributed by atoms with Crippen molar-refractivity contribution in [2.24, 2.45) is 0 Å². The van der Waals surface area contributed by atoms with Gasteiger partial charge in [-0.3, -0.25) is 0 Å². The largest absolute Gasteiger partial charge is 1.00 e. The molecule has 1 heterocycles. The molecule has 4 nitrogen and oxygen atoms in total. The number of allylic oxidation sites excluding steroid dienone is 1. The fourth-order valence-electron chi connectivity index (χ4n) is 3.03. The smallest absolute Gasteiger partial charge is 0.145 e. The zero-order valence-electron chi connectivity index (χ0n) is 10.2. The Balaban J connectivity index is 0.00000120. The molecule has 3 rings (SSSR count). The Morgan fingerprint density at radius 3 is 2.78 bits per heavy atom. The van der Waals surface area contributed by atoms with Crippen LogP contribution in [-0.2, 0) is 0 Å². The number of rotatable bonds is 1. The zero-order chi connectivity index (χ0) is 12.0. The first kappa shape index (κ1) is 14.0. The molecule has 2 bridgehead atoms. The van der Waals surface area contributed by atoms with E-state index in [9.17, 15) is 10.4 Å². The molecule has 0 amide bonds. The molecule has 1 aliphatic heterocycles.